The average molecular weight is 355 g/mol. The molecule has 0 fully saturated rings. The predicted molar refractivity (Wildman–Crippen MR) is 97.1 cm³/mol. The largest absolute Gasteiger partial charge is 0.298 e. The standard InChI is InChI=1S/C18H15ClN4O2/c1-12-7-8-13(11-15(12)19)20-21-18(25)16-9-10-17(24)23(22-16)14-5-3-2-4-6-14/h2-11,20H,1H3,(H,21,25). The Morgan fingerprint density at radius 3 is 2.56 bits per heavy atom. The van der Waals surface area contributed by atoms with Gasteiger partial charge in [-0.1, -0.05) is 35.9 Å². The van der Waals surface area contributed by atoms with Gasteiger partial charge in [-0.25, -0.2) is 0 Å². The first-order chi connectivity index (χ1) is 12.0. The zero-order valence-electron chi connectivity index (χ0n) is 13.4. The Bertz CT molecular complexity index is 970. The molecule has 0 atom stereocenters. The van der Waals surface area contributed by atoms with Crippen LogP contribution < -0.4 is 16.4 Å². The van der Waals surface area contributed by atoms with E-state index in [1.54, 1.807) is 36.4 Å². The number of carbonyl (C=O) groups excluding carboxylic acids is 1. The number of anilines is 1. The molecule has 0 saturated heterocycles. The number of nitrogens with zero attached hydrogens (tertiary/aromatic N) is 2. The van der Waals surface area contributed by atoms with Crippen molar-refractivity contribution in [2.24, 2.45) is 0 Å². The van der Waals surface area contributed by atoms with Crippen LogP contribution >= 0.6 is 11.6 Å². The second-order valence-corrected chi connectivity index (χ2v) is 5.75. The zero-order chi connectivity index (χ0) is 17.8. The maximum Gasteiger partial charge on any atom is 0.290 e. The monoisotopic (exact) mass is 354 g/mol. The second kappa shape index (κ2) is 7.19. The van der Waals surface area contributed by atoms with Crippen LogP contribution in [0.3, 0.4) is 0 Å². The van der Waals surface area contributed by atoms with Crippen LogP contribution in [0, 0.1) is 6.92 Å². The molecule has 2 N–H and O–H groups in total. The lowest BCUT2D eigenvalue weighted by atomic mass is 10.2. The van der Waals surface area contributed by atoms with Gasteiger partial charge in [-0.3, -0.25) is 20.4 Å². The van der Waals surface area contributed by atoms with E-state index in [-0.39, 0.29) is 11.3 Å². The highest BCUT2D eigenvalue weighted by Gasteiger charge is 2.10. The minimum atomic E-state index is -0.471. The van der Waals surface area contributed by atoms with Crippen LogP contribution in [0.15, 0.2) is 65.5 Å². The fraction of sp³-hybridized carbons (Fsp3) is 0.0556. The number of hydrazine groups is 1. The fourth-order valence-electron chi connectivity index (χ4n) is 2.15. The van der Waals surface area contributed by atoms with Crippen LogP contribution in [0.4, 0.5) is 5.69 Å². The summed E-state index contributed by atoms with van der Waals surface area (Å²) < 4.78 is 1.18. The molecule has 0 unspecified atom stereocenters. The Hall–Kier alpha value is -3.12. The molecule has 3 rings (SSSR count). The molecule has 0 aliphatic rings. The van der Waals surface area contributed by atoms with E-state index < -0.39 is 5.91 Å². The van der Waals surface area contributed by atoms with Crippen molar-refractivity contribution in [3.63, 3.8) is 0 Å². The van der Waals surface area contributed by atoms with Crippen LogP contribution in [0.2, 0.25) is 5.02 Å². The van der Waals surface area contributed by atoms with Crippen molar-refractivity contribution in [2.45, 2.75) is 6.92 Å². The van der Waals surface area contributed by atoms with E-state index in [4.69, 9.17) is 11.6 Å². The first-order valence-electron chi connectivity index (χ1n) is 7.53. The van der Waals surface area contributed by atoms with E-state index in [9.17, 15) is 9.59 Å². The lowest BCUT2D eigenvalue weighted by Gasteiger charge is -2.10. The van der Waals surface area contributed by atoms with E-state index in [1.165, 1.54) is 16.8 Å². The first kappa shape index (κ1) is 16.7. The normalized spacial score (nSPS) is 10.3. The molecule has 126 valence electrons. The molecular weight excluding hydrogens is 340 g/mol. The summed E-state index contributed by atoms with van der Waals surface area (Å²) in [4.78, 5) is 24.3. The minimum Gasteiger partial charge on any atom is -0.298 e. The third kappa shape index (κ3) is 3.87. The molecule has 6 nitrogen and oxygen atoms in total. The van der Waals surface area contributed by atoms with Crippen LogP contribution in [0.1, 0.15) is 16.1 Å². The number of aryl methyl sites for hydroxylation is 1. The summed E-state index contributed by atoms with van der Waals surface area (Å²) in [7, 11) is 0. The van der Waals surface area contributed by atoms with Crippen LogP contribution in [-0.4, -0.2) is 15.7 Å². The molecule has 0 radical (unpaired) electrons. The Morgan fingerprint density at radius 1 is 1.08 bits per heavy atom. The molecule has 0 aliphatic heterocycles. The van der Waals surface area contributed by atoms with Gasteiger partial charge in [0.1, 0.15) is 0 Å². The number of amides is 1. The summed E-state index contributed by atoms with van der Waals surface area (Å²) in [6.45, 7) is 1.89. The quantitative estimate of drug-likeness (QED) is 0.706. The SMILES string of the molecule is Cc1ccc(NNC(=O)c2ccc(=O)n(-c3ccccc3)n2)cc1Cl. The minimum absolute atomic E-state index is 0.106. The number of hydrogen-bond acceptors (Lipinski definition) is 4. The number of para-hydroxylation sites is 1. The number of carbonyl (C=O) groups is 1. The highest BCUT2D eigenvalue weighted by atomic mass is 35.5. The van der Waals surface area contributed by atoms with Gasteiger partial charge in [-0.05, 0) is 42.8 Å². The highest BCUT2D eigenvalue weighted by molar-refractivity contribution is 6.31. The Morgan fingerprint density at radius 2 is 1.84 bits per heavy atom. The maximum absolute atomic E-state index is 12.3. The smallest absolute Gasteiger partial charge is 0.290 e. The Kier molecular flexibility index (Phi) is 4.81. The third-order valence-corrected chi connectivity index (χ3v) is 3.93. The highest BCUT2D eigenvalue weighted by Crippen LogP contribution is 2.19. The van der Waals surface area contributed by atoms with E-state index in [2.05, 4.69) is 16.0 Å². The zero-order valence-corrected chi connectivity index (χ0v) is 14.1. The molecule has 1 amide bonds. The van der Waals surface area contributed by atoms with Crippen molar-refractivity contribution >= 4 is 23.2 Å². The van der Waals surface area contributed by atoms with Gasteiger partial charge in [0.05, 0.1) is 11.4 Å². The molecule has 1 aromatic heterocycles. The van der Waals surface area contributed by atoms with Crippen molar-refractivity contribution in [3.8, 4) is 5.69 Å². The van der Waals surface area contributed by atoms with Crippen molar-refractivity contribution < 1.29 is 4.79 Å². The Labute approximate surface area is 149 Å². The van der Waals surface area contributed by atoms with Crippen molar-refractivity contribution in [1.82, 2.24) is 15.2 Å². The molecular formula is C18H15ClN4O2. The molecule has 0 aliphatic carbocycles. The average Bonchev–Trinajstić information content (AvgIpc) is 2.63. The predicted octanol–water partition coefficient (Wildman–Crippen LogP) is 2.95. The van der Waals surface area contributed by atoms with E-state index >= 15 is 0 Å². The summed E-state index contributed by atoms with van der Waals surface area (Å²) in [5, 5.41) is 4.71. The van der Waals surface area contributed by atoms with Crippen LogP contribution in [0.5, 0.6) is 0 Å². The molecule has 3 aromatic rings. The lowest BCUT2D eigenvalue weighted by molar-refractivity contribution is 0.0956. The number of benzene rings is 2. The van der Waals surface area contributed by atoms with Crippen molar-refractivity contribution in [1.29, 1.82) is 0 Å². The summed E-state index contributed by atoms with van der Waals surface area (Å²) in [6.07, 6.45) is 0. The van der Waals surface area contributed by atoms with Crippen LogP contribution in [-0.2, 0) is 0 Å². The van der Waals surface area contributed by atoms with Crippen molar-refractivity contribution in [3.05, 3.63) is 87.3 Å². The van der Waals surface area contributed by atoms with Gasteiger partial charge in [0, 0.05) is 11.1 Å². The number of aromatic nitrogens is 2. The summed E-state index contributed by atoms with van der Waals surface area (Å²) in [6, 6.07) is 16.9. The summed E-state index contributed by atoms with van der Waals surface area (Å²) >= 11 is 6.05. The lowest BCUT2D eigenvalue weighted by Crippen LogP contribution is -2.32. The van der Waals surface area contributed by atoms with E-state index in [0.717, 1.165) is 5.56 Å². The fourth-order valence-corrected chi connectivity index (χ4v) is 2.33. The molecule has 25 heavy (non-hydrogen) atoms. The van der Waals surface area contributed by atoms with Gasteiger partial charge in [0.2, 0.25) is 0 Å². The molecule has 1 heterocycles. The number of halogens is 1. The molecule has 7 heteroatoms. The first-order valence-corrected chi connectivity index (χ1v) is 7.91. The maximum atomic E-state index is 12.3. The van der Waals surface area contributed by atoms with Gasteiger partial charge >= 0.3 is 0 Å². The van der Waals surface area contributed by atoms with E-state index in [0.29, 0.717) is 16.4 Å². The topological polar surface area (TPSA) is 76.0 Å². The van der Waals surface area contributed by atoms with Crippen LogP contribution in [0.25, 0.3) is 5.69 Å². The van der Waals surface area contributed by atoms with Gasteiger partial charge in [-0.15, -0.1) is 0 Å². The molecule has 0 spiro atoms. The summed E-state index contributed by atoms with van der Waals surface area (Å²) in [5.74, 6) is -0.471. The molecule has 0 bridgehead atoms. The summed E-state index contributed by atoms with van der Waals surface area (Å²) in [5.41, 5.74) is 7.26. The number of hydrogen-bond donors (Lipinski definition) is 2. The number of nitrogens with one attached hydrogen (secondary N) is 2. The van der Waals surface area contributed by atoms with E-state index in [1.807, 2.05) is 19.1 Å². The van der Waals surface area contributed by atoms with Gasteiger partial charge in [0.15, 0.2) is 5.69 Å². The van der Waals surface area contributed by atoms with Gasteiger partial charge in [0.25, 0.3) is 11.5 Å². The second-order valence-electron chi connectivity index (χ2n) is 5.35. The number of rotatable bonds is 4. The molecule has 2 aromatic carbocycles. The van der Waals surface area contributed by atoms with Gasteiger partial charge in [-0.2, -0.15) is 9.78 Å². The third-order valence-electron chi connectivity index (χ3n) is 3.53. The Balaban J connectivity index is 1.78. The van der Waals surface area contributed by atoms with Gasteiger partial charge < -0.3 is 0 Å². The molecule has 0 saturated carbocycles. The van der Waals surface area contributed by atoms with Crippen molar-refractivity contribution in [2.75, 3.05) is 5.43 Å².